The van der Waals surface area contributed by atoms with Crippen LogP contribution in [0.2, 0.25) is 0 Å². The van der Waals surface area contributed by atoms with Crippen LogP contribution < -0.4 is 20.1 Å². The monoisotopic (exact) mass is 464 g/mol. The van der Waals surface area contributed by atoms with Gasteiger partial charge in [-0.3, -0.25) is 0 Å². The lowest BCUT2D eigenvalue weighted by Crippen LogP contribution is -2.63. The van der Waals surface area contributed by atoms with Crippen LogP contribution in [0.25, 0.3) is 10.9 Å². The van der Waals surface area contributed by atoms with Crippen molar-refractivity contribution in [2.75, 3.05) is 25.6 Å². The van der Waals surface area contributed by atoms with Gasteiger partial charge >= 0.3 is 6.18 Å². The molecule has 2 unspecified atom stereocenters. The van der Waals surface area contributed by atoms with Crippen LogP contribution in [0.5, 0.6) is 11.5 Å². The van der Waals surface area contributed by atoms with E-state index in [1.807, 2.05) is 0 Å². The minimum absolute atomic E-state index is 0.278. The van der Waals surface area contributed by atoms with Crippen LogP contribution in [-0.4, -0.2) is 54.2 Å². The average Bonchev–Trinajstić information content (AvgIpc) is 3.60. The molecular weight excluding hydrogens is 437 g/mol. The van der Waals surface area contributed by atoms with Crippen molar-refractivity contribution < 1.29 is 27.4 Å². The number of ether oxygens (including phenoxy) is 3. The highest BCUT2D eigenvalue weighted by Crippen LogP contribution is 2.39. The van der Waals surface area contributed by atoms with Crippen molar-refractivity contribution in [1.82, 2.24) is 15.3 Å². The van der Waals surface area contributed by atoms with E-state index in [-0.39, 0.29) is 5.82 Å². The molecule has 2 heterocycles. The molecule has 0 amide bonds. The summed E-state index contributed by atoms with van der Waals surface area (Å²) in [6, 6.07) is 2.29. The predicted octanol–water partition coefficient (Wildman–Crippen LogP) is 4.28. The van der Waals surface area contributed by atoms with Crippen molar-refractivity contribution in [2.24, 2.45) is 0 Å². The molecule has 1 aliphatic carbocycles. The number of benzene rings is 1. The lowest BCUT2D eigenvalue weighted by Gasteiger charge is -2.40. The molecule has 7 nitrogen and oxygen atoms in total. The lowest BCUT2D eigenvalue weighted by molar-refractivity contribution is -0.182. The average molecular weight is 464 g/mol. The van der Waals surface area contributed by atoms with Crippen molar-refractivity contribution >= 4 is 16.7 Å². The second-order valence-electron chi connectivity index (χ2n) is 8.15. The minimum Gasteiger partial charge on any atom is -0.493 e. The van der Waals surface area contributed by atoms with E-state index in [9.17, 15) is 13.2 Å². The largest absolute Gasteiger partial charge is 0.493 e. The van der Waals surface area contributed by atoms with Crippen molar-refractivity contribution in [3.8, 4) is 11.5 Å². The Morgan fingerprint density at radius 1 is 1.18 bits per heavy atom. The second kappa shape index (κ2) is 9.09. The van der Waals surface area contributed by atoms with E-state index in [1.165, 1.54) is 32.4 Å². The van der Waals surface area contributed by atoms with E-state index in [0.717, 1.165) is 18.9 Å². The van der Waals surface area contributed by atoms with E-state index in [4.69, 9.17) is 14.2 Å². The Labute approximate surface area is 190 Å². The number of methoxy groups -OCH3 is 1. The fourth-order valence-corrected chi connectivity index (χ4v) is 3.74. The van der Waals surface area contributed by atoms with Gasteiger partial charge in [0.15, 0.2) is 17.0 Å². The summed E-state index contributed by atoms with van der Waals surface area (Å²) < 4.78 is 59.1. The molecule has 1 aliphatic heterocycles. The molecule has 2 aliphatic rings. The summed E-state index contributed by atoms with van der Waals surface area (Å²) in [5, 5.41) is 5.96. The van der Waals surface area contributed by atoms with Gasteiger partial charge in [-0.25, -0.2) is 9.97 Å². The zero-order valence-electron chi connectivity index (χ0n) is 18.7. The zero-order chi connectivity index (χ0) is 23.6. The zero-order valence-corrected chi connectivity index (χ0v) is 18.7. The van der Waals surface area contributed by atoms with Gasteiger partial charge in [-0.15, -0.1) is 0 Å². The molecular formula is C23H27F3N4O3. The fraction of sp³-hybridized carbons (Fsp3) is 0.478. The molecule has 1 fully saturated rings. The molecule has 33 heavy (non-hydrogen) atoms. The first-order valence-electron chi connectivity index (χ1n) is 10.8. The molecule has 4 rings (SSSR count). The predicted molar refractivity (Wildman–Crippen MR) is 119 cm³/mol. The summed E-state index contributed by atoms with van der Waals surface area (Å²) in [6.07, 6.45) is 3.21. The summed E-state index contributed by atoms with van der Waals surface area (Å²) in [7, 11) is 1.52. The van der Waals surface area contributed by atoms with Gasteiger partial charge in [-0.2, -0.15) is 13.2 Å². The van der Waals surface area contributed by atoms with Crippen molar-refractivity contribution in [3.63, 3.8) is 0 Å². The molecule has 0 bridgehead atoms. The first-order valence-corrected chi connectivity index (χ1v) is 10.8. The summed E-state index contributed by atoms with van der Waals surface area (Å²) in [5.74, 6) is 1.61. The number of hydrogen-bond donors (Lipinski definition) is 2. The molecule has 0 spiro atoms. The molecule has 178 valence electrons. The molecule has 0 radical (unpaired) electrons. The number of rotatable bonds is 9. The van der Waals surface area contributed by atoms with E-state index in [2.05, 4.69) is 20.6 Å². The Hall–Kier alpha value is -3.01. The van der Waals surface area contributed by atoms with Gasteiger partial charge in [0, 0.05) is 11.5 Å². The Morgan fingerprint density at radius 2 is 1.97 bits per heavy atom. The van der Waals surface area contributed by atoms with Gasteiger partial charge in [0.1, 0.15) is 18.2 Å². The quantitative estimate of drug-likeness (QED) is 0.537. The highest BCUT2D eigenvalue weighted by Gasteiger charge is 2.57. The third-order valence-corrected chi connectivity index (χ3v) is 5.71. The fourth-order valence-electron chi connectivity index (χ4n) is 3.74. The molecule has 1 saturated carbocycles. The van der Waals surface area contributed by atoms with Crippen molar-refractivity contribution in [3.05, 3.63) is 42.4 Å². The van der Waals surface area contributed by atoms with Crippen molar-refractivity contribution in [1.29, 1.82) is 0 Å². The smallest absolute Gasteiger partial charge is 0.417 e. The number of aromatic nitrogens is 2. The van der Waals surface area contributed by atoms with Gasteiger partial charge in [-0.05, 0) is 51.1 Å². The van der Waals surface area contributed by atoms with Crippen LogP contribution in [-0.2, 0) is 4.74 Å². The standard InChI is InChI=1S/C23H27F3N4O3/c1-14(22(23(24,25)26)8-4-5-9-27-22)28-21-17-12-20(33-11-10-32-16-6-7-16)19(31-3)13-18(17)29-15(2)30-21/h4-5,8-9,12-14,16,27H,6-7,10-11H2,1-3H3,(H,28,29,30). The molecule has 1 aromatic heterocycles. The number of fused-ring (bicyclic) bond motifs is 1. The third kappa shape index (κ3) is 4.85. The third-order valence-electron chi connectivity index (χ3n) is 5.71. The molecule has 2 N–H and O–H groups in total. The molecule has 2 aromatic rings. The van der Waals surface area contributed by atoms with Crippen LogP contribution in [0.1, 0.15) is 25.6 Å². The summed E-state index contributed by atoms with van der Waals surface area (Å²) in [4.78, 5) is 8.82. The Morgan fingerprint density at radius 3 is 2.61 bits per heavy atom. The molecule has 0 saturated heterocycles. The van der Waals surface area contributed by atoms with E-state index < -0.39 is 17.8 Å². The number of alkyl halides is 3. The maximum Gasteiger partial charge on any atom is 0.417 e. The SMILES string of the molecule is COc1cc2nc(C)nc(NC(C)C3(C(F)(F)F)C=CC=CN3)c2cc1OCCOC1CC1. The summed E-state index contributed by atoms with van der Waals surface area (Å²) in [5.41, 5.74) is -1.76. The number of aryl methyl sites for hydroxylation is 1. The van der Waals surface area contributed by atoms with Gasteiger partial charge in [0.2, 0.25) is 0 Å². The number of nitrogens with one attached hydrogen (secondary N) is 2. The topological polar surface area (TPSA) is 77.5 Å². The number of nitrogens with zero attached hydrogens (tertiary/aromatic N) is 2. The summed E-state index contributed by atoms with van der Waals surface area (Å²) in [6.45, 7) is 3.91. The van der Waals surface area contributed by atoms with Crippen molar-refractivity contribution in [2.45, 2.75) is 50.6 Å². The highest BCUT2D eigenvalue weighted by atomic mass is 19.4. The minimum atomic E-state index is -4.54. The lowest BCUT2D eigenvalue weighted by atomic mass is 9.88. The summed E-state index contributed by atoms with van der Waals surface area (Å²) >= 11 is 0. The van der Waals surface area contributed by atoms with Crippen LogP contribution >= 0.6 is 0 Å². The maximum absolute atomic E-state index is 14.1. The first kappa shape index (κ1) is 23.2. The highest BCUT2D eigenvalue weighted by molar-refractivity contribution is 5.92. The van der Waals surface area contributed by atoms with Gasteiger partial charge in [0.05, 0.1) is 31.4 Å². The first-order chi connectivity index (χ1) is 15.7. The van der Waals surface area contributed by atoms with Crippen LogP contribution in [0.15, 0.2) is 36.6 Å². The second-order valence-corrected chi connectivity index (χ2v) is 8.15. The van der Waals surface area contributed by atoms with Gasteiger partial charge in [-0.1, -0.05) is 6.08 Å². The Balaban J connectivity index is 1.65. The van der Waals surface area contributed by atoms with Gasteiger partial charge in [0.25, 0.3) is 0 Å². The number of dihydropyridines is 1. The molecule has 10 heteroatoms. The van der Waals surface area contributed by atoms with E-state index in [1.54, 1.807) is 19.1 Å². The van der Waals surface area contributed by atoms with E-state index in [0.29, 0.717) is 47.5 Å². The number of hydrogen-bond acceptors (Lipinski definition) is 7. The normalized spacial score (nSPS) is 21.0. The Kier molecular flexibility index (Phi) is 6.38. The van der Waals surface area contributed by atoms with E-state index >= 15 is 0 Å². The Bertz CT molecular complexity index is 1070. The molecule has 1 aromatic carbocycles. The number of allylic oxidation sites excluding steroid dienone is 2. The number of halogens is 3. The van der Waals surface area contributed by atoms with Crippen LogP contribution in [0.4, 0.5) is 19.0 Å². The van der Waals surface area contributed by atoms with Crippen LogP contribution in [0, 0.1) is 6.92 Å². The maximum atomic E-state index is 14.1. The van der Waals surface area contributed by atoms with Crippen LogP contribution in [0.3, 0.4) is 0 Å². The number of anilines is 1. The van der Waals surface area contributed by atoms with Gasteiger partial charge < -0.3 is 24.8 Å². The molecule has 2 atom stereocenters.